The first-order chi connectivity index (χ1) is 7.68. The van der Waals surface area contributed by atoms with Gasteiger partial charge in [-0.15, -0.1) is 0 Å². The Balaban J connectivity index is 1.92. The van der Waals surface area contributed by atoms with E-state index < -0.39 is 0 Å². The zero-order chi connectivity index (χ0) is 11.5. The smallest absolute Gasteiger partial charge is 0.292 e. The number of carbonyl (C=O) groups is 1. The first-order valence-electron chi connectivity index (χ1n) is 5.64. The second-order valence-electron chi connectivity index (χ2n) is 4.37. The van der Waals surface area contributed by atoms with Crippen molar-refractivity contribution in [2.24, 2.45) is 11.7 Å². The molecule has 1 aromatic heterocycles. The van der Waals surface area contributed by atoms with Crippen LogP contribution in [0, 0.1) is 5.92 Å². The van der Waals surface area contributed by atoms with Crippen LogP contribution < -0.4 is 5.73 Å². The number of rotatable bonds is 2. The molecule has 0 spiro atoms. The lowest BCUT2D eigenvalue weighted by molar-refractivity contribution is 0.0639. The van der Waals surface area contributed by atoms with Gasteiger partial charge in [0.2, 0.25) is 5.76 Å². The molecule has 1 saturated heterocycles. The molecule has 0 aliphatic carbocycles. The SMILES string of the molecule is CC(N)C1CCN(C(=O)c2ccno2)CC1. The van der Waals surface area contributed by atoms with E-state index in [1.165, 1.54) is 6.20 Å². The third-order valence-electron chi connectivity index (χ3n) is 3.22. The highest BCUT2D eigenvalue weighted by atomic mass is 16.5. The predicted octanol–water partition coefficient (Wildman–Crippen LogP) is 0.874. The van der Waals surface area contributed by atoms with E-state index in [1.807, 2.05) is 6.92 Å². The Kier molecular flexibility index (Phi) is 3.24. The van der Waals surface area contributed by atoms with Crippen molar-refractivity contribution in [2.75, 3.05) is 13.1 Å². The van der Waals surface area contributed by atoms with Gasteiger partial charge in [-0.3, -0.25) is 4.79 Å². The molecule has 2 N–H and O–H groups in total. The molecule has 1 unspecified atom stereocenters. The van der Waals surface area contributed by atoms with E-state index in [-0.39, 0.29) is 11.9 Å². The van der Waals surface area contributed by atoms with Gasteiger partial charge in [0.15, 0.2) is 0 Å². The monoisotopic (exact) mass is 223 g/mol. The summed E-state index contributed by atoms with van der Waals surface area (Å²) in [5.74, 6) is 0.777. The van der Waals surface area contributed by atoms with Crippen LogP contribution in [-0.2, 0) is 0 Å². The van der Waals surface area contributed by atoms with Gasteiger partial charge in [0.05, 0.1) is 6.20 Å². The van der Waals surface area contributed by atoms with Gasteiger partial charge in [0.1, 0.15) is 0 Å². The molecular weight excluding hydrogens is 206 g/mol. The average Bonchev–Trinajstić information content (AvgIpc) is 2.81. The summed E-state index contributed by atoms with van der Waals surface area (Å²) >= 11 is 0. The summed E-state index contributed by atoms with van der Waals surface area (Å²) < 4.78 is 4.86. The number of nitrogens with zero attached hydrogens (tertiary/aromatic N) is 2. The van der Waals surface area contributed by atoms with Crippen LogP contribution in [-0.4, -0.2) is 35.1 Å². The topological polar surface area (TPSA) is 72.4 Å². The van der Waals surface area contributed by atoms with Crippen LogP contribution in [0.1, 0.15) is 30.3 Å². The number of hydrogen-bond donors (Lipinski definition) is 1. The molecule has 5 heteroatoms. The van der Waals surface area contributed by atoms with Crippen molar-refractivity contribution in [1.29, 1.82) is 0 Å². The quantitative estimate of drug-likeness (QED) is 0.807. The van der Waals surface area contributed by atoms with Crippen LogP contribution in [0.15, 0.2) is 16.8 Å². The lowest BCUT2D eigenvalue weighted by atomic mass is 9.91. The molecule has 0 radical (unpaired) electrons. The third kappa shape index (κ3) is 2.24. The molecule has 0 aromatic carbocycles. The molecule has 2 rings (SSSR count). The second kappa shape index (κ2) is 4.65. The van der Waals surface area contributed by atoms with Crippen LogP contribution in [0.3, 0.4) is 0 Å². The van der Waals surface area contributed by atoms with Gasteiger partial charge in [-0.1, -0.05) is 5.16 Å². The van der Waals surface area contributed by atoms with Gasteiger partial charge in [-0.25, -0.2) is 0 Å². The van der Waals surface area contributed by atoms with E-state index >= 15 is 0 Å². The van der Waals surface area contributed by atoms with Crippen molar-refractivity contribution in [3.63, 3.8) is 0 Å². The lowest BCUT2D eigenvalue weighted by Crippen LogP contribution is -2.42. The molecule has 1 aromatic rings. The third-order valence-corrected chi connectivity index (χ3v) is 3.22. The van der Waals surface area contributed by atoms with E-state index in [2.05, 4.69) is 5.16 Å². The minimum atomic E-state index is -0.0689. The Morgan fingerprint density at radius 3 is 2.81 bits per heavy atom. The summed E-state index contributed by atoms with van der Waals surface area (Å²) in [5, 5.41) is 3.54. The summed E-state index contributed by atoms with van der Waals surface area (Å²) in [5.41, 5.74) is 5.85. The molecule has 0 saturated carbocycles. The highest BCUT2D eigenvalue weighted by Gasteiger charge is 2.26. The summed E-state index contributed by atoms with van der Waals surface area (Å²) in [7, 11) is 0. The minimum Gasteiger partial charge on any atom is -0.351 e. The normalized spacial score (nSPS) is 19.8. The molecule has 88 valence electrons. The zero-order valence-corrected chi connectivity index (χ0v) is 9.43. The first-order valence-corrected chi connectivity index (χ1v) is 5.64. The Hall–Kier alpha value is -1.36. The fourth-order valence-electron chi connectivity index (χ4n) is 2.11. The van der Waals surface area contributed by atoms with Gasteiger partial charge in [-0.2, -0.15) is 0 Å². The van der Waals surface area contributed by atoms with Crippen LogP contribution in [0.2, 0.25) is 0 Å². The molecule has 1 atom stereocenters. The first kappa shape index (κ1) is 11.1. The van der Waals surface area contributed by atoms with E-state index in [0.717, 1.165) is 25.9 Å². The Bertz CT molecular complexity index is 340. The van der Waals surface area contributed by atoms with E-state index in [0.29, 0.717) is 11.7 Å². The summed E-state index contributed by atoms with van der Waals surface area (Å²) in [6.07, 6.45) is 3.43. The van der Waals surface area contributed by atoms with Crippen LogP contribution >= 0.6 is 0 Å². The summed E-state index contributed by atoms with van der Waals surface area (Å²) in [6, 6.07) is 1.81. The van der Waals surface area contributed by atoms with Crippen molar-refractivity contribution in [2.45, 2.75) is 25.8 Å². The maximum atomic E-state index is 11.9. The number of likely N-dealkylation sites (tertiary alicyclic amines) is 1. The van der Waals surface area contributed by atoms with Gasteiger partial charge < -0.3 is 15.2 Å². The van der Waals surface area contributed by atoms with Crippen LogP contribution in [0.25, 0.3) is 0 Å². The summed E-state index contributed by atoms with van der Waals surface area (Å²) in [6.45, 7) is 3.54. The number of amides is 1. The van der Waals surface area contributed by atoms with Crippen LogP contribution in [0.4, 0.5) is 0 Å². The van der Waals surface area contributed by atoms with Crippen molar-refractivity contribution in [3.8, 4) is 0 Å². The highest BCUT2D eigenvalue weighted by Crippen LogP contribution is 2.20. The molecule has 1 aliphatic heterocycles. The Labute approximate surface area is 94.6 Å². The predicted molar refractivity (Wildman–Crippen MR) is 58.8 cm³/mol. The molecule has 1 amide bonds. The van der Waals surface area contributed by atoms with Crippen molar-refractivity contribution < 1.29 is 9.32 Å². The van der Waals surface area contributed by atoms with Crippen LogP contribution in [0.5, 0.6) is 0 Å². The zero-order valence-electron chi connectivity index (χ0n) is 9.43. The Morgan fingerprint density at radius 2 is 2.31 bits per heavy atom. The molecule has 5 nitrogen and oxygen atoms in total. The van der Waals surface area contributed by atoms with E-state index in [9.17, 15) is 4.79 Å². The van der Waals surface area contributed by atoms with Gasteiger partial charge >= 0.3 is 0 Å². The maximum Gasteiger partial charge on any atom is 0.292 e. The highest BCUT2D eigenvalue weighted by molar-refractivity contribution is 5.91. The number of carbonyl (C=O) groups excluding carboxylic acids is 1. The number of piperidine rings is 1. The molecule has 1 fully saturated rings. The van der Waals surface area contributed by atoms with Crippen molar-refractivity contribution in [3.05, 3.63) is 18.0 Å². The average molecular weight is 223 g/mol. The summed E-state index contributed by atoms with van der Waals surface area (Å²) in [4.78, 5) is 13.7. The minimum absolute atomic E-state index is 0.0689. The maximum absolute atomic E-state index is 11.9. The molecular formula is C11H17N3O2. The van der Waals surface area contributed by atoms with E-state index in [1.54, 1.807) is 11.0 Å². The van der Waals surface area contributed by atoms with Crippen molar-refractivity contribution in [1.82, 2.24) is 10.1 Å². The van der Waals surface area contributed by atoms with Crippen molar-refractivity contribution >= 4 is 5.91 Å². The van der Waals surface area contributed by atoms with E-state index in [4.69, 9.17) is 10.3 Å². The van der Waals surface area contributed by atoms with Gasteiger partial charge in [0, 0.05) is 25.2 Å². The molecule has 0 bridgehead atoms. The standard InChI is InChI=1S/C11H17N3O2/c1-8(12)9-3-6-14(7-4-9)11(15)10-2-5-13-16-10/h2,5,8-9H,3-4,6-7,12H2,1H3. The largest absolute Gasteiger partial charge is 0.351 e. The molecule has 16 heavy (non-hydrogen) atoms. The second-order valence-corrected chi connectivity index (χ2v) is 4.37. The van der Waals surface area contributed by atoms with Gasteiger partial charge in [-0.05, 0) is 25.7 Å². The fraction of sp³-hybridized carbons (Fsp3) is 0.636. The Morgan fingerprint density at radius 1 is 1.62 bits per heavy atom. The van der Waals surface area contributed by atoms with Gasteiger partial charge in [0.25, 0.3) is 5.91 Å². The molecule has 2 heterocycles. The fourth-order valence-corrected chi connectivity index (χ4v) is 2.11. The number of nitrogens with two attached hydrogens (primary N) is 1. The number of hydrogen-bond acceptors (Lipinski definition) is 4. The number of aromatic nitrogens is 1. The molecule has 1 aliphatic rings. The lowest BCUT2D eigenvalue weighted by Gasteiger charge is -2.33.